The summed E-state index contributed by atoms with van der Waals surface area (Å²) >= 11 is 0. The Morgan fingerprint density at radius 1 is 1.03 bits per heavy atom. The van der Waals surface area contributed by atoms with Crippen molar-refractivity contribution in [2.45, 2.75) is 37.9 Å². The number of H-pyrrole nitrogens is 1. The van der Waals surface area contributed by atoms with Crippen LogP contribution in [0.3, 0.4) is 0 Å². The van der Waals surface area contributed by atoms with E-state index in [1.165, 1.54) is 12.1 Å². The van der Waals surface area contributed by atoms with Crippen LogP contribution >= 0.6 is 24.8 Å². The molecule has 37 heavy (non-hydrogen) atoms. The molecule has 0 aliphatic carbocycles. The van der Waals surface area contributed by atoms with Crippen molar-refractivity contribution in [2.75, 3.05) is 19.6 Å². The highest BCUT2D eigenvalue weighted by Crippen LogP contribution is 2.35. The number of likely N-dealkylation sites (tertiary alicyclic amines) is 1. The summed E-state index contributed by atoms with van der Waals surface area (Å²) < 4.78 is 16.5. The van der Waals surface area contributed by atoms with Crippen LogP contribution in [-0.4, -0.2) is 45.2 Å². The molecular formula is C27H29Cl2FN4O3. The van der Waals surface area contributed by atoms with Crippen molar-refractivity contribution in [3.05, 3.63) is 86.3 Å². The molecule has 0 amide bonds. The largest absolute Gasteiger partial charge is 0.507 e. The maximum Gasteiger partial charge on any atom is 0.259 e. The van der Waals surface area contributed by atoms with Gasteiger partial charge in [-0.25, -0.2) is 4.39 Å². The molecule has 0 unspecified atom stereocenters. The van der Waals surface area contributed by atoms with Gasteiger partial charge in [0, 0.05) is 48.9 Å². The summed E-state index contributed by atoms with van der Waals surface area (Å²) in [5, 5.41) is 15.4. The van der Waals surface area contributed by atoms with E-state index in [4.69, 9.17) is 0 Å². The molecular weight excluding hydrogens is 518 g/mol. The third-order valence-corrected chi connectivity index (χ3v) is 7.50. The Morgan fingerprint density at radius 3 is 2.57 bits per heavy atom. The van der Waals surface area contributed by atoms with Gasteiger partial charge in [0.05, 0.1) is 10.9 Å². The summed E-state index contributed by atoms with van der Waals surface area (Å²) in [6.45, 7) is 3.57. The van der Waals surface area contributed by atoms with E-state index < -0.39 is 0 Å². The highest BCUT2D eigenvalue weighted by Gasteiger charge is 2.31. The molecule has 1 fully saturated rings. The Morgan fingerprint density at radius 2 is 1.78 bits per heavy atom. The van der Waals surface area contributed by atoms with Gasteiger partial charge < -0.3 is 24.9 Å². The SMILES string of the molecule is Cl.Cl.O=c1[nH]c(CNC2CCN(C[C@@H]3Cn4c(=O)ccc5ccc(F)c3c54)CC2)cc2cccc(O)c12. The second kappa shape index (κ2) is 10.8. The fourth-order valence-corrected chi connectivity index (χ4v) is 5.77. The van der Waals surface area contributed by atoms with Crippen molar-refractivity contribution in [2.24, 2.45) is 0 Å². The van der Waals surface area contributed by atoms with E-state index in [1.54, 1.807) is 28.8 Å². The van der Waals surface area contributed by atoms with Crippen LogP contribution < -0.4 is 16.4 Å². The van der Waals surface area contributed by atoms with Gasteiger partial charge in [-0.2, -0.15) is 0 Å². The maximum atomic E-state index is 14.8. The van der Waals surface area contributed by atoms with E-state index in [-0.39, 0.29) is 53.4 Å². The third kappa shape index (κ3) is 4.99. The number of rotatable bonds is 5. The number of nitrogens with zero attached hydrogens (tertiary/aromatic N) is 2. The van der Waals surface area contributed by atoms with E-state index in [2.05, 4.69) is 15.2 Å². The van der Waals surface area contributed by atoms with Crippen LogP contribution in [0.4, 0.5) is 4.39 Å². The molecule has 0 saturated carbocycles. The number of nitrogens with one attached hydrogen (secondary N) is 2. The number of aromatic nitrogens is 2. The van der Waals surface area contributed by atoms with Crippen molar-refractivity contribution in [1.29, 1.82) is 0 Å². The molecule has 1 atom stereocenters. The average Bonchev–Trinajstić information content (AvgIpc) is 3.23. The molecule has 2 aliphatic heterocycles. The van der Waals surface area contributed by atoms with Crippen LogP contribution in [0.15, 0.2) is 58.1 Å². The zero-order valence-electron chi connectivity index (χ0n) is 20.1. The zero-order chi connectivity index (χ0) is 24.1. The number of hydrogen-bond acceptors (Lipinski definition) is 5. The lowest BCUT2D eigenvalue weighted by atomic mass is 9.97. The van der Waals surface area contributed by atoms with Gasteiger partial charge in [-0.3, -0.25) is 9.59 Å². The lowest BCUT2D eigenvalue weighted by Gasteiger charge is -2.34. The first-order chi connectivity index (χ1) is 17.0. The van der Waals surface area contributed by atoms with Crippen LogP contribution in [0.1, 0.15) is 30.0 Å². The molecule has 7 nitrogen and oxygen atoms in total. The minimum atomic E-state index is -0.286. The maximum absolute atomic E-state index is 14.8. The molecule has 0 spiro atoms. The first-order valence-corrected chi connectivity index (χ1v) is 12.1. The summed E-state index contributed by atoms with van der Waals surface area (Å²) in [6, 6.07) is 13.9. The molecule has 3 N–H and O–H groups in total. The van der Waals surface area contributed by atoms with E-state index >= 15 is 0 Å². The summed E-state index contributed by atoms with van der Waals surface area (Å²) in [5.41, 5.74) is 1.85. The van der Waals surface area contributed by atoms with Gasteiger partial charge in [-0.15, -0.1) is 24.8 Å². The topological polar surface area (TPSA) is 90.4 Å². The number of halogens is 3. The zero-order valence-corrected chi connectivity index (χ0v) is 21.7. The van der Waals surface area contributed by atoms with Crippen LogP contribution in [0, 0.1) is 5.82 Å². The Balaban J connectivity index is 0.00000160. The molecule has 0 radical (unpaired) electrons. The highest BCUT2D eigenvalue weighted by atomic mass is 35.5. The van der Waals surface area contributed by atoms with Gasteiger partial charge in [0.1, 0.15) is 11.6 Å². The first kappa shape index (κ1) is 27.1. The molecule has 196 valence electrons. The predicted octanol–water partition coefficient (Wildman–Crippen LogP) is 3.88. The average molecular weight is 547 g/mol. The fraction of sp³-hybridized carbons (Fsp3) is 0.333. The molecule has 6 rings (SSSR count). The van der Waals surface area contributed by atoms with Crippen molar-refractivity contribution >= 4 is 46.5 Å². The summed E-state index contributed by atoms with van der Waals surface area (Å²) in [4.78, 5) is 30.0. The molecule has 2 aliphatic rings. The first-order valence-electron chi connectivity index (χ1n) is 12.1. The number of aromatic hydroxyl groups is 1. The quantitative estimate of drug-likeness (QED) is 0.353. The predicted molar refractivity (Wildman–Crippen MR) is 148 cm³/mol. The van der Waals surface area contributed by atoms with E-state index in [0.717, 1.165) is 54.5 Å². The van der Waals surface area contributed by atoms with Gasteiger partial charge in [0.2, 0.25) is 0 Å². The fourth-order valence-electron chi connectivity index (χ4n) is 5.77. The third-order valence-electron chi connectivity index (χ3n) is 7.50. The Hall–Kier alpha value is -2.91. The van der Waals surface area contributed by atoms with Gasteiger partial charge in [-0.1, -0.05) is 12.1 Å². The molecule has 4 heterocycles. The van der Waals surface area contributed by atoms with Crippen molar-refractivity contribution in [3.63, 3.8) is 0 Å². The number of benzene rings is 2. The molecule has 10 heteroatoms. The van der Waals surface area contributed by atoms with E-state index in [1.807, 2.05) is 12.1 Å². The number of phenols is 1. The number of pyridine rings is 2. The van der Waals surface area contributed by atoms with Gasteiger partial charge >= 0.3 is 0 Å². The standard InChI is InChI=1S/C27H27FN4O3.2ClH/c28-21-6-4-16-5-7-23(34)32-15-18(24(21)26(16)32)14-31-10-8-19(9-11-31)29-13-20-12-17-2-1-3-22(33)25(17)27(35)30-20;;/h1-7,12,18-19,29,33H,8-11,13-15H2,(H,30,35);2*1H/t18-;;/m1../s1. The van der Waals surface area contributed by atoms with Crippen molar-refractivity contribution in [1.82, 2.24) is 19.8 Å². The highest BCUT2D eigenvalue weighted by molar-refractivity contribution is 5.87. The second-order valence-electron chi connectivity index (χ2n) is 9.70. The lowest BCUT2D eigenvalue weighted by molar-refractivity contribution is 0.184. The molecule has 0 bridgehead atoms. The van der Waals surface area contributed by atoms with Crippen LogP contribution in [-0.2, 0) is 13.1 Å². The van der Waals surface area contributed by atoms with Gasteiger partial charge in [-0.05, 0) is 67.0 Å². The summed E-state index contributed by atoms with van der Waals surface area (Å²) in [5.74, 6) is -0.270. The molecule has 1 saturated heterocycles. The monoisotopic (exact) mass is 546 g/mol. The Labute approximate surface area is 225 Å². The number of piperidine rings is 1. The Bertz CT molecular complexity index is 1560. The smallest absolute Gasteiger partial charge is 0.259 e. The molecule has 2 aromatic heterocycles. The summed E-state index contributed by atoms with van der Waals surface area (Å²) in [7, 11) is 0. The van der Waals surface area contributed by atoms with Crippen LogP contribution in [0.5, 0.6) is 5.75 Å². The van der Waals surface area contributed by atoms with Gasteiger partial charge in [0.25, 0.3) is 11.1 Å². The van der Waals surface area contributed by atoms with E-state index in [0.29, 0.717) is 30.1 Å². The summed E-state index contributed by atoms with van der Waals surface area (Å²) in [6.07, 6.45) is 1.90. The number of hydrogen-bond donors (Lipinski definition) is 3. The van der Waals surface area contributed by atoms with Crippen molar-refractivity contribution < 1.29 is 9.50 Å². The van der Waals surface area contributed by atoms with Gasteiger partial charge in [0.15, 0.2) is 0 Å². The minimum Gasteiger partial charge on any atom is -0.507 e. The number of fused-ring (bicyclic) bond motifs is 1. The molecule has 4 aromatic rings. The lowest BCUT2D eigenvalue weighted by Crippen LogP contribution is -2.43. The molecule has 2 aromatic carbocycles. The van der Waals surface area contributed by atoms with Crippen LogP contribution in [0.25, 0.3) is 21.7 Å². The van der Waals surface area contributed by atoms with Crippen LogP contribution in [0.2, 0.25) is 0 Å². The number of phenolic OH excluding ortho intramolecular Hbond substituents is 1. The number of aromatic amines is 1. The normalized spacial score (nSPS) is 17.6. The Kier molecular flexibility index (Phi) is 7.94. The van der Waals surface area contributed by atoms with E-state index in [9.17, 15) is 19.1 Å². The minimum absolute atomic E-state index is 0. The van der Waals surface area contributed by atoms with Crippen molar-refractivity contribution in [3.8, 4) is 5.75 Å². The second-order valence-corrected chi connectivity index (χ2v) is 9.70.